The molecule has 8 heteroatoms. The Kier molecular flexibility index (Phi) is 4.29. The second kappa shape index (κ2) is 4.84. The lowest BCUT2D eigenvalue weighted by Crippen LogP contribution is -2.72. The molecule has 114 valence electrons. The fraction of sp³-hybridized carbons (Fsp3) is 0.833. The Bertz CT molecular complexity index is 379. The number of rotatable bonds is 4. The van der Waals surface area contributed by atoms with E-state index in [4.69, 9.17) is 9.31 Å². The van der Waals surface area contributed by atoms with Crippen LogP contribution in [0.2, 0.25) is 63.1 Å². The minimum Gasteiger partial charge on any atom is -0.491 e. The van der Waals surface area contributed by atoms with Crippen LogP contribution in [-0.2, 0) is 18.9 Å². The molecule has 1 rings (SSSR count). The molecule has 0 bridgehead atoms. The van der Waals surface area contributed by atoms with Crippen molar-refractivity contribution < 1.29 is 18.9 Å². The van der Waals surface area contributed by atoms with Crippen LogP contribution in [0, 0.1) is 0 Å². The maximum Gasteiger partial charge on any atom is 0.597 e. The summed E-state index contributed by atoms with van der Waals surface area (Å²) in [4.78, 5) is 23.1. The van der Waals surface area contributed by atoms with E-state index in [1.54, 1.807) is 0 Å². The lowest BCUT2D eigenvalue weighted by molar-refractivity contribution is -0.150. The van der Waals surface area contributed by atoms with Gasteiger partial charge in [0, 0.05) is 28.4 Å². The second-order valence-corrected chi connectivity index (χ2v) is 26.1. The number of carbonyl (C=O) groups is 2. The van der Waals surface area contributed by atoms with Crippen molar-refractivity contribution in [3.8, 4) is 0 Å². The fourth-order valence-electron chi connectivity index (χ4n) is 4.93. The van der Waals surface area contributed by atoms with Gasteiger partial charge in [0.15, 0.2) is 0 Å². The topological polar surface area (TPSA) is 52.6 Å². The highest BCUT2D eigenvalue weighted by Gasteiger charge is 2.72. The normalized spacial score (nSPS) is 18.1. The first-order chi connectivity index (χ1) is 8.66. The largest absolute Gasteiger partial charge is 0.597 e. The molecule has 1 saturated heterocycles. The third-order valence-electron chi connectivity index (χ3n) is 4.50. The molecule has 0 saturated carbocycles. The van der Waals surface area contributed by atoms with Crippen LogP contribution in [0.25, 0.3) is 0 Å². The quantitative estimate of drug-likeness (QED) is 0.587. The molecule has 0 aromatic heterocycles. The van der Waals surface area contributed by atoms with Crippen molar-refractivity contribution in [1.29, 1.82) is 0 Å². The van der Waals surface area contributed by atoms with E-state index in [9.17, 15) is 9.59 Å². The molecule has 1 heterocycles. The number of carbonyl (C=O) groups excluding carboxylic acids is 2. The van der Waals surface area contributed by atoms with Gasteiger partial charge in [-0.2, -0.15) is 0 Å². The predicted molar refractivity (Wildman–Crippen MR) is 90.7 cm³/mol. The van der Waals surface area contributed by atoms with Gasteiger partial charge in [-0.15, -0.1) is 0 Å². The zero-order valence-electron chi connectivity index (χ0n) is 14.2. The summed E-state index contributed by atoms with van der Waals surface area (Å²) in [5, 5.41) is 0. The Balaban J connectivity index is 3.57. The Hall–Kier alpha value is -0.344. The zero-order valence-corrected chi connectivity index (χ0v) is 17.2. The van der Waals surface area contributed by atoms with Crippen LogP contribution < -0.4 is 0 Å². The molecule has 0 atom stereocenters. The Morgan fingerprint density at radius 1 is 0.700 bits per heavy atom. The lowest BCUT2D eigenvalue weighted by atomic mass is 9.94. The SMILES string of the molecule is C[Si](C)(C)C(B1OC(=O)C(=O)O1)([Si](C)(C)C)[Si](C)(C)C. The van der Waals surface area contributed by atoms with Crippen LogP contribution in [0.5, 0.6) is 0 Å². The van der Waals surface area contributed by atoms with Gasteiger partial charge in [0.05, 0.1) is 0 Å². The number of hydrogen-bond donors (Lipinski definition) is 0. The average molecular weight is 330 g/mol. The van der Waals surface area contributed by atoms with Crippen LogP contribution in [0.1, 0.15) is 0 Å². The molecule has 1 aliphatic heterocycles. The summed E-state index contributed by atoms with van der Waals surface area (Å²) < 4.78 is 10.7. The molecular formula is C12H27BO4Si3. The summed E-state index contributed by atoms with van der Waals surface area (Å²) in [6.45, 7) is 20.8. The van der Waals surface area contributed by atoms with Crippen molar-refractivity contribution in [3.63, 3.8) is 0 Å². The Morgan fingerprint density at radius 2 is 0.950 bits per heavy atom. The highest BCUT2D eigenvalue weighted by Crippen LogP contribution is 2.56. The van der Waals surface area contributed by atoms with E-state index in [0.717, 1.165) is 0 Å². The van der Waals surface area contributed by atoms with Crippen LogP contribution in [0.15, 0.2) is 0 Å². The van der Waals surface area contributed by atoms with E-state index in [2.05, 4.69) is 58.9 Å². The van der Waals surface area contributed by atoms with Gasteiger partial charge in [-0.25, -0.2) is 9.59 Å². The first-order valence-corrected chi connectivity index (χ1v) is 17.6. The van der Waals surface area contributed by atoms with Crippen molar-refractivity contribution in [1.82, 2.24) is 0 Å². The molecule has 4 nitrogen and oxygen atoms in total. The van der Waals surface area contributed by atoms with Crippen molar-refractivity contribution in [2.75, 3.05) is 0 Å². The van der Waals surface area contributed by atoms with Crippen LogP contribution in [0.3, 0.4) is 0 Å². The van der Waals surface area contributed by atoms with Crippen molar-refractivity contribution in [3.05, 3.63) is 0 Å². The summed E-state index contributed by atoms with van der Waals surface area (Å²) in [5.74, 6) is -1.65. The lowest BCUT2D eigenvalue weighted by Gasteiger charge is -2.57. The van der Waals surface area contributed by atoms with Crippen molar-refractivity contribution in [2.45, 2.75) is 63.1 Å². The van der Waals surface area contributed by atoms with Gasteiger partial charge < -0.3 is 9.31 Å². The summed E-state index contributed by atoms with van der Waals surface area (Å²) in [6, 6.07) is 0. The van der Waals surface area contributed by atoms with Crippen LogP contribution in [0.4, 0.5) is 0 Å². The molecule has 1 fully saturated rings. The van der Waals surface area contributed by atoms with E-state index in [-0.39, 0.29) is 4.18 Å². The predicted octanol–water partition coefficient (Wildman–Crippen LogP) is 2.95. The minimum absolute atomic E-state index is 0.116. The van der Waals surface area contributed by atoms with Crippen LogP contribution in [-0.4, -0.2) is 43.3 Å². The van der Waals surface area contributed by atoms with E-state index in [1.807, 2.05) is 0 Å². The van der Waals surface area contributed by atoms with E-state index in [1.165, 1.54) is 0 Å². The smallest absolute Gasteiger partial charge is 0.491 e. The Labute approximate surface area is 125 Å². The van der Waals surface area contributed by atoms with Gasteiger partial charge in [0.2, 0.25) is 0 Å². The monoisotopic (exact) mass is 330 g/mol. The summed E-state index contributed by atoms with van der Waals surface area (Å²) in [6.07, 6.45) is 0. The summed E-state index contributed by atoms with van der Waals surface area (Å²) in [7, 11) is -5.96. The first kappa shape index (κ1) is 17.7. The minimum atomic E-state index is -1.76. The van der Waals surface area contributed by atoms with E-state index < -0.39 is 43.3 Å². The highest BCUT2D eigenvalue weighted by atomic mass is 28.5. The average Bonchev–Trinajstić information content (AvgIpc) is 2.38. The zero-order chi connectivity index (χ0) is 16.1. The van der Waals surface area contributed by atoms with E-state index in [0.29, 0.717) is 0 Å². The molecule has 0 N–H and O–H groups in total. The molecule has 1 aliphatic rings. The molecule has 0 spiro atoms. The standard InChI is InChI=1S/C12H27BO4Si3/c1-18(2,3)12(19(4,5)6,20(7,8)9)13-16-10(14)11(15)17-13/h1-9H3. The van der Waals surface area contributed by atoms with Crippen molar-refractivity contribution >= 4 is 43.3 Å². The molecule has 20 heavy (non-hydrogen) atoms. The molecular weight excluding hydrogens is 303 g/mol. The third-order valence-corrected chi connectivity index (χ3v) is 25.8. The van der Waals surface area contributed by atoms with Crippen LogP contribution >= 0.6 is 0 Å². The fourth-order valence-corrected chi connectivity index (χ4v) is 34.4. The van der Waals surface area contributed by atoms with Crippen molar-refractivity contribution in [2.24, 2.45) is 0 Å². The summed E-state index contributed by atoms with van der Waals surface area (Å²) in [5.41, 5.74) is 0. The van der Waals surface area contributed by atoms with Gasteiger partial charge in [-0.3, -0.25) is 0 Å². The second-order valence-electron chi connectivity index (χ2n) is 8.70. The van der Waals surface area contributed by atoms with E-state index >= 15 is 0 Å². The molecule has 0 amide bonds. The van der Waals surface area contributed by atoms with Gasteiger partial charge >= 0.3 is 19.1 Å². The maximum absolute atomic E-state index is 11.6. The third kappa shape index (κ3) is 2.46. The summed E-state index contributed by atoms with van der Waals surface area (Å²) >= 11 is 0. The maximum atomic E-state index is 11.6. The van der Waals surface area contributed by atoms with Gasteiger partial charge in [0.25, 0.3) is 0 Å². The molecule has 0 radical (unpaired) electrons. The molecule has 0 unspecified atom stereocenters. The van der Waals surface area contributed by atoms with Gasteiger partial charge in [-0.05, 0) is 0 Å². The Morgan fingerprint density at radius 3 is 1.15 bits per heavy atom. The molecule has 0 aromatic rings. The number of hydrogen-bond acceptors (Lipinski definition) is 4. The van der Waals surface area contributed by atoms with Gasteiger partial charge in [0.1, 0.15) is 0 Å². The molecule has 0 aromatic carbocycles. The molecule has 0 aliphatic carbocycles. The highest BCUT2D eigenvalue weighted by molar-refractivity contribution is 7.25. The first-order valence-electron chi connectivity index (χ1n) is 7.08. The van der Waals surface area contributed by atoms with Gasteiger partial charge in [-0.1, -0.05) is 58.9 Å².